The van der Waals surface area contributed by atoms with E-state index in [9.17, 15) is 10.1 Å². The summed E-state index contributed by atoms with van der Waals surface area (Å²) in [6, 6.07) is 13.3. The lowest BCUT2D eigenvalue weighted by Crippen LogP contribution is -2.21. The molecule has 0 aliphatic carbocycles. The number of para-hydroxylation sites is 1. The van der Waals surface area contributed by atoms with Crippen LogP contribution in [0.2, 0.25) is 5.15 Å². The Hall–Kier alpha value is -3.10. The maximum atomic E-state index is 12.9. The lowest BCUT2D eigenvalue weighted by Gasteiger charge is -2.10. The predicted octanol–water partition coefficient (Wildman–Crippen LogP) is 3.71. The van der Waals surface area contributed by atoms with Crippen LogP contribution in [0.15, 0.2) is 47.4 Å². The topological polar surface area (TPSA) is 63.6 Å². The van der Waals surface area contributed by atoms with Gasteiger partial charge in [-0.15, -0.1) is 0 Å². The Morgan fingerprint density at radius 3 is 2.68 bits per heavy atom. The summed E-state index contributed by atoms with van der Waals surface area (Å²) in [5.41, 5.74) is 3.63. The number of nitrogens with zero attached hydrogens (tertiary/aromatic N) is 4. The van der Waals surface area contributed by atoms with Crippen LogP contribution in [0.1, 0.15) is 11.1 Å². The highest BCUT2D eigenvalue weighted by Crippen LogP contribution is 2.29. The molecule has 6 heteroatoms. The molecular weight excluding hydrogens is 336 g/mol. The zero-order chi connectivity index (χ0) is 17.7. The van der Waals surface area contributed by atoms with Crippen LogP contribution >= 0.6 is 11.6 Å². The fourth-order valence-corrected chi connectivity index (χ4v) is 3.31. The van der Waals surface area contributed by atoms with Crippen LogP contribution in [-0.4, -0.2) is 14.1 Å². The molecule has 0 fully saturated rings. The molecule has 0 bridgehead atoms. The van der Waals surface area contributed by atoms with Gasteiger partial charge in [0.25, 0.3) is 5.56 Å². The maximum absolute atomic E-state index is 12.9. The van der Waals surface area contributed by atoms with Gasteiger partial charge in [0.15, 0.2) is 0 Å². The van der Waals surface area contributed by atoms with Crippen molar-refractivity contribution in [2.75, 3.05) is 0 Å². The Morgan fingerprint density at radius 1 is 1.20 bits per heavy atom. The molecular formula is C19H13ClN4O. The molecule has 5 nitrogen and oxygen atoms in total. The van der Waals surface area contributed by atoms with Crippen LogP contribution in [0.25, 0.3) is 27.6 Å². The summed E-state index contributed by atoms with van der Waals surface area (Å²) in [5, 5.41) is 10.7. The summed E-state index contributed by atoms with van der Waals surface area (Å²) in [4.78, 5) is 17.1. The number of aryl methyl sites for hydroxylation is 2. The second-order valence-corrected chi connectivity index (χ2v) is 6.28. The molecule has 0 saturated carbocycles. The second-order valence-electron chi connectivity index (χ2n) is 5.92. The standard InChI is InChI=1S/C19H13ClN4O/c1-11-7-13(10-22-18(11)20)24-17-14-5-3-4-6-15(14)23(2)16(17)8-12(9-21)19(24)25/h3-8,10H,1-2H3. The Balaban J connectivity index is 2.28. The molecule has 0 unspecified atom stereocenters. The molecule has 0 amide bonds. The van der Waals surface area contributed by atoms with Crippen molar-refractivity contribution >= 4 is 33.5 Å². The fourth-order valence-electron chi connectivity index (χ4n) is 3.21. The smallest absolute Gasteiger partial charge is 0.273 e. The Labute approximate surface area is 148 Å². The summed E-state index contributed by atoms with van der Waals surface area (Å²) >= 11 is 6.03. The molecule has 4 rings (SSSR count). The van der Waals surface area contributed by atoms with Crippen LogP contribution in [0.3, 0.4) is 0 Å². The van der Waals surface area contributed by atoms with Gasteiger partial charge in [0.1, 0.15) is 16.8 Å². The number of halogens is 1. The molecule has 0 radical (unpaired) electrons. The van der Waals surface area contributed by atoms with Gasteiger partial charge in [-0.3, -0.25) is 9.36 Å². The van der Waals surface area contributed by atoms with Crippen LogP contribution in [0, 0.1) is 18.3 Å². The van der Waals surface area contributed by atoms with E-state index in [-0.39, 0.29) is 11.1 Å². The average molecular weight is 349 g/mol. The molecule has 0 spiro atoms. The molecule has 4 aromatic rings. The first-order valence-electron chi connectivity index (χ1n) is 7.68. The van der Waals surface area contributed by atoms with E-state index in [2.05, 4.69) is 4.98 Å². The van der Waals surface area contributed by atoms with Crippen LogP contribution in [0.5, 0.6) is 0 Å². The summed E-state index contributed by atoms with van der Waals surface area (Å²) in [6.07, 6.45) is 1.55. The molecule has 122 valence electrons. The summed E-state index contributed by atoms with van der Waals surface area (Å²) in [7, 11) is 1.92. The van der Waals surface area contributed by atoms with E-state index in [0.717, 1.165) is 27.5 Å². The van der Waals surface area contributed by atoms with Gasteiger partial charge in [0.2, 0.25) is 0 Å². The van der Waals surface area contributed by atoms with Gasteiger partial charge in [-0.05, 0) is 30.7 Å². The number of nitriles is 1. The highest BCUT2D eigenvalue weighted by molar-refractivity contribution is 6.30. The lowest BCUT2D eigenvalue weighted by atomic mass is 10.2. The van der Waals surface area contributed by atoms with Crippen molar-refractivity contribution in [3.63, 3.8) is 0 Å². The summed E-state index contributed by atoms with van der Waals surface area (Å²) in [5.74, 6) is 0. The van der Waals surface area contributed by atoms with E-state index in [0.29, 0.717) is 10.8 Å². The van der Waals surface area contributed by atoms with Crippen LogP contribution in [0.4, 0.5) is 0 Å². The Morgan fingerprint density at radius 2 is 1.96 bits per heavy atom. The maximum Gasteiger partial charge on any atom is 0.273 e. The zero-order valence-electron chi connectivity index (χ0n) is 13.6. The van der Waals surface area contributed by atoms with E-state index in [1.54, 1.807) is 22.9 Å². The number of hydrogen-bond donors (Lipinski definition) is 0. The molecule has 25 heavy (non-hydrogen) atoms. The number of pyridine rings is 2. The molecule has 0 aliphatic heterocycles. The first kappa shape index (κ1) is 15.4. The number of rotatable bonds is 1. The zero-order valence-corrected chi connectivity index (χ0v) is 14.4. The van der Waals surface area contributed by atoms with Gasteiger partial charge in [-0.1, -0.05) is 29.8 Å². The van der Waals surface area contributed by atoms with Gasteiger partial charge in [0.05, 0.1) is 28.4 Å². The molecule has 0 saturated heterocycles. The van der Waals surface area contributed by atoms with E-state index < -0.39 is 0 Å². The van der Waals surface area contributed by atoms with E-state index in [1.807, 2.05) is 48.9 Å². The highest BCUT2D eigenvalue weighted by atomic mass is 35.5. The monoisotopic (exact) mass is 348 g/mol. The molecule has 0 N–H and O–H groups in total. The predicted molar refractivity (Wildman–Crippen MR) is 98.3 cm³/mol. The summed E-state index contributed by atoms with van der Waals surface area (Å²) in [6.45, 7) is 1.83. The van der Waals surface area contributed by atoms with E-state index in [4.69, 9.17) is 11.6 Å². The third-order valence-electron chi connectivity index (χ3n) is 4.44. The second kappa shape index (κ2) is 5.47. The first-order chi connectivity index (χ1) is 12.0. The van der Waals surface area contributed by atoms with Crippen LogP contribution in [-0.2, 0) is 7.05 Å². The minimum Gasteiger partial charge on any atom is -0.342 e. The Bertz CT molecular complexity index is 1260. The molecule has 0 atom stereocenters. The van der Waals surface area contributed by atoms with Crippen molar-refractivity contribution in [1.82, 2.24) is 14.1 Å². The number of hydrogen-bond acceptors (Lipinski definition) is 3. The molecule has 1 aromatic carbocycles. The average Bonchev–Trinajstić information content (AvgIpc) is 2.90. The lowest BCUT2D eigenvalue weighted by molar-refractivity contribution is 0.984. The molecule has 3 heterocycles. The molecule has 3 aromatic heterocycles. The third kappa shape index (κ3) is 2.15. The van der Waals surface area contributed by atoms with Crippen molar-refractivity contribution in [3.8, 4) is 11.8 Å². The highest BCUT2D eigenvalue weighted by Gasteiger charge is 2.18. The minimum atomic E-state index is -0.366. The van der Waals surface area contributed by atoms with Gasteiger partial charge in [-0.2, -0.15) is 5.26 Å². The van der Waals surface area contributed by atoms with Gasteiger partial charge >= 0.3 is 0 Å². The van der Waals surface area contributed by atoms with Crippen molar-refractivity contribution in [2.45, 2.75) is 6.92 Å². The Kier molecular flexibility index (Phi) is 3.38. The SMILES string of the molecule is Cc1cc(-n2c(=O)c(C#N)cc3c2c2ccccc2n3C)cnc1Cl. The molecule has 0 aliphatic rings. The largest absolute Gasteiger partial charge is 0.342 e. The van der Waals surface area contributed by atoms with Crippen molar-refractivity contribution in [2.24, 2.45) is 7.05 Å². The van der Waals surface area contributed by atoms with Gasteiger partial charge in [-0.25, -0.2) is 4.98 Å². The van der Waals surface area contributed by atoms with E-state index >= 15 is 0 Å². The fraction of sp³-hybridized carbons (Fsp3) is 0.105. The normalized spacial score (nSPS) is 11.1. The number of fused-ring (bicyclic) bond motifs is 3. The number of benzene rings is 1. The van der Waals surface area contributed by atoms with Gasteiger partial charge in [0, 0.05) is 12.4 Å². The minimum absolute atomic E-state index is 0.0889. The van der Waals surface area contributed by atoms with Crippen molar-refractivity contribution in [1.29, 1.82) is 5.26 Å². The van der Waals surface area contributed by atoms with Crippen molar-refractivity contribution in [3.05, 3.63) is 69.2 Å². The van der Waals surface area contributed by atoms with Crippen LogP contribution < -0.4 is 5.56 Å². The summed E-state index contributed by atoms with van der Waals surface area (Å²) < 4.78 is 3.53. The number of aromatic nitrogens is 3. The van der Waals surface area contributed by atoms with E-state index in [1.165, 1.54) is 0 Å². The third-order valence-corrected chi connectivity index (χ3v) is 4.84. The first-order valence-corrected chi connectivity index (χ1v) is 8.06. The quantitative estimate of drug-likeness (QED) is 0.492. The van der Waals surface area contributed by atoms with Gasteiger partial charge < -0.3 is 4.57 Å². The van der Waals surface area contributed by atoms with Crippen molar-refractivity contribution < 1.29 is 0 Å².